The second-order valence-corrected chi connectivity index (χ2v) is 11.3. The second-order valence-electron chi connectivity index (χ2n) is 8.47. The highest BCUT2D eigenvalue weighted by atomic mass is 31.2. The molecule has 3 unspecified atom stereocenters. The van der Waals surface area contributed by atoms with Crippen LogP contribution in [0, 0.1) is 11.3 Å². The van der Waals surface area contributed by atoms with Gasteiger partial charge in [-0.25, -0.2) is 4.67 Å². The molecule has 1 aliphatic heterocycles. The van der Waals surface area contributed by atoms with Gasteiger partial charge in [-0.15, -0.1) is 0 Å². The van der Waals surface area contributed by atoms with Crippen LogP contribution in [-0.2, 0) is 27.9 Å². The summed E-state index contributed by atoms with van der Waals surface area (Å²) < 4.78 is 23.3. The summed E-state index contributed by atoms with van der Waals surface area (Å²) in [6.45, 7) is 8.19. The first-order valence-corrected chi connectivity index (χ1v) is 14.2. The van der Waals surface area contributed by atoms with Crippen molar-refractivity contribution in [3.63, 3.8) is 0 Å². The molecule has 3 atom stereocenters. The van der Waals surface area contributed by atoms with E-state index >= 15 is 0 Å². The molecule has 0 aromatic carbocycles. The second kappa shape index (κ2) is 19.5. The first-order chi connectivity index (χ1) is 17.5. The van der Waals surface area contributed by atoms with Gasteiger partial charge in [-0.3, -0.25) is 14.9 Å². The van der Waals surface area contributed by atoms with Crippen LogP contribution in [0.5, 0.6) is 0 Å². The van der Waals surface area contributed by atoms with Crippen molar-refractivity contribution in [3.8, 4) is 6.07 Å². The SMILES string of the molecule is CC(C)N(C(C)C)P(O)OCCC#N.COP(/C=C/C1(CO)CCC(N(C)/C=C\C(=O)NC=O)O1)OC. The smallest absolute Gasteiger partial charge is 0.256 e. The minimum atomic E-state index is -1.55. The molecule has 212 valence electrons. The molecule has 14 heteroatoms. The lowest BCUT2D eigenvalue weighted by atomic mass is 10.0. The zero-order valence-corrected chi connectivity index (χ0v) is 24.5. The Morgan fingerprint density at radius 1 is 1.30 bits per heavy atom. The predicted octanol–water partition coefficient (Wildman–Crippen LogP) is 2.95. The van der Waals surface area contributed by atoms with Crippen LogP contribution in [0.1, 0.15) is 47.0 Å². The maximum absolute atomic E-state index is 11.2. The van der Waals surface area contributed by atoms with Crippen LogP contribution in [0.25, 0.3) is 0 Å². The fraction of sp³-hybridized carbons (Fsp3) is 0.696. The van der Waals surface area contributed by atoms with Gasteiger partial charge in [-0.1, -0.05) is 0 Å². The highest BCUT2D eigenvalue weighted by molar-refractivity contribution is 7.50. The van der Waals surface area contributed by atoms with Crippen molar-refractivity contribution in [2.24, 2.45) is 0 Å². The maximum Gasteiger partial charge on any atom is 0.256 e. The number of aliphatic hydroxyl groups excluding tert-OH is 1. The highest BCUT2D eigenvalue weighted by Gasteiger charge is 2.39. The monoisotopic (exact) mass is 564 g/mol. The number of carbonyl (C=O) groups is 2. The number of carbonyl (C=O) groups excluding carboxylic acids is 2. The lowest BCUT2D eigenvalue weighted by Crippen LogP contribution is -2.35. The number of nitrogens with one attached hydrogen (secondary N) is 1. The van der Waals surface area contributed by atoms with E-state index in [-0.39, 0.29) is 24.9 Å². The van der Waals surface area contributed by atoms with E-state index in [9.17, 15) is 19.6 Å². The molecule has 1 heterocycles. The molecule has 0 spiro atoms. The van der Waals surface area contributed by atoms with Crippen LogP contribution in [0.4, 0.5) is 0 Å². The van der Waals surface area contributed by atoms with Crippen molar-refractivity contribution in [2.45, 2.75) is 70.9 Å². The standard InChI is InChI=1S/C14H23N2O6P.C9H19N2O2P/c1-16(8-5-12(19)15-11-18)13-4-6-14(10-17,22-13)7-9-23(20-2)21-3;1-8(2)11(9(3)4)14(12)13-7-5-6-10/h5,7-9,11,13,17H,4,6,10H2,1-3H3,(H,15,18,19);8-9,12H,5,7H2,1-4H3/b8-5-,9-7+;. The maximum atomic E-state index is 11.2. The third-order valence-electron chi connectivity index (χ3n) is 5.11. The molecule has 3 N–H and O–H groups in total. The van der Waals surface area contributed by atoms with Gasteiger partial charge in [0, 0.05) is 45.6 Å². The molecular weight excluding hydrogens is 522 g/mol. The highest BCUT2D eigenvalue weighted by Crippen LogP contribution is 2.41. The number of aliphatic hydroxyl groups is 1. The van der Waals surface area contributed by atoms with Gasteiger partial charge in [-0.2, -0.15) is 5.26 Å². The third kappa shape index (κ3) is 13.7. The zero-order chi connectivity index (χ0) is 28.4. The van der Waals surface area contributed by atoms with Crippen LogP contribution in [0.2, 0.25) is 0 Å². The molecule has 1 aliphatic rings. The van der Waals surface area contributed by atoms with Crippen LogP contribution in [0.3, 0.4) is 0 Å². The van der Waals surface area contributed by atoms with Crippen LogP contribution >= 0.6 is 16.9 Å². The number of amides is 2. The molecule has 1 rings (SSSR count). The Morgan fingerprint density at radius 3 is 2.41 bits per heavy atom. The van der Waals surface area contributed by atoms with Gasteiger partial charge in [0.2, 0.25) is 6.41 Å². The van der Waals surface area contributed by atoms with Crippen molar-refractivity contribution in [2.75, 3.05) is 34.5 Å². The average molecular weight is 565 g/mol. The molecule has 1 saturated heterocycles. The number of hydrogen-bond acceptors (Lipinski definition) is 11. The van der Waals surface area contributed by atoms with Gasteiger partial charge in [0.1, 0.15) is 11.8 Å². The number of imide groups is 1. The van der Waals surface area contributed by atoms with E-state index in [4.69, 9.17) is 23.6 Å². The largest absolute Gasteiger partial charge is 0.393 e. The fourth-order valence-corrected chi connectivity index (χ4v) is 5.31. The van der Waals surface area contributed by atoms with E-state index in [1.807, 2.05) is 43.8 Å². The summed E-state index contributed by atoms with van der Waals surface area (Å²) >= 11 is 0. The van der Waals surface area contributed by atoms with Gasteiger partial charge in [0.25, 0.3) is 14.4 Å². The molecule has 0 aliphatic carbocycles. The minimum absolute atomic E-state index is 0.167. The molecule has 37 heavy (non-hydrogen) atoms. The van der Waals surface area contributed by atoms with Crippen LogP contribution < -0.4 is 5.32 Å². The Balaban J connectivity index is 0.000000795. The van der Waals surface area contributed by atoms with E-state index in [1.54, 1.807) is 38.1 Å². The van der Waals surface area contributed by atoms with Gasteiger partial charge < -0.3 is 33.2 Å². The first-order valence-electron chi connectivity index (χ1n) is 11.8. The lowest BCUT2D eigenvalue weighted by Gasteiger charge is -2.32. The molecule has 0 aromatic rings. The predicted molar refractivity (Wildman–Crippen MR) is 143 cm³/mol. The van der Waals surface area contributed by atoms with Crippen molar-refractivity contribution in [1.29, 1.82) is 5.26 Å². The van der Waals surface area contributed by atoms with Gasteiger partial charge in [-0.05, 0) is 52.4 Å². The van der Waals surface area contributed by atoms with E-state index in [0.29, 0.717) is 32.3 Å². The van der Waals surface area contributed by atoms with Crippen LogP contribution in [0.15, 0.2) is 24.2 Å². The van der Waals surface area contributed by atoms with E-state index in [0.717, 1.165) is 0 Å². The summed E-state index contributed by atoms with van der Waals surface area (Å²) in [6, 6.07) is 2.46. The molecule has 0 bridgehead atoms. The van der Waals surface area contributed by atoms with Crippen molar-refractivity contribution < 1.29 is 37.9 Å². The Bertz CT molecular complexity index is 754. The Hall–Kier alpha value is -1.51. The quantitative estimate of drug-likeness (QED) is 0.116. The fourth-order valence-electron chi connectivity index (χ4n) is 3.35. The third-order valence-corrected chi connectivity index (χ3v) is 7.95. The normalized spacial score (nSPS) is 20.5. The Kier molecular flexibility index (Phi) is 18.7. The van der Waals surface area contributed by atoms with Crippen molar-refractivity contribution in [3.05, 3.63) is 24.2 Å². The topological polar surface area (TPSA) is 154 Å². The summed E-state index contributed by atoms with van der Waals surface area (Å²) in [6.07, 6.45) is 6.19. The summed E-state index contributed by atoms with van der Waals surface area (Å²) in [4.78, 5) is 32.8. The molecule has 0 radical (unpaired) electrons. The number of rotatable bonds is 15. The van der Waals surface area contributed by atoms with Crippen molar-refractivity contribution >= 4 is 29.2 Å². The van der Waals surface area contributed by atoms with Gasteiger partial charge >= 0.3 is 0 Å². The van der Waals surface area contributed by atoms with E-state index in [2.05, 4.69) is 0 Å². The number of ether oxygens (including phenoxy) is 1. The summed E-state index contributed by atoms with van der Waals surface area (Å²) in [5, 5.41) is 20.0. The van der Waals surface area contributed by atoms with Crippen molar-refractivity contribution in [1.82, 2.24) is 14.9 Å². The molecule has 1 fully saturated rings. The zero-order valence-electron chi connectivity index (χ0n) is 22.7. The summed E-state index contributed by atoms with van der Waals surface area (Å²) in [7, 11) is 2.15. The minimum Gasteiger partial charge on any atom is -0.393 e. The Labute approximate surface area is 223 Å². The number of nitriles is 1. The lowest BCUT2D eigenvalue weighted by molar-refractivity contribution is -0.121. The Morgan fingerprint density at radius 2 is 1.92 bits per heavy atom. The number of hydrogen-bond donors (Lipinski definition) is 3. The summed E-state index contributed by atoms with van der Waals surface area (Å²) in [5.74, 6) is 1.24. The molecular formula is C23H42N4O8P2. The number of nitrogens with zero attached hydrogens (tertiary/aromatic N) is 3. The van der Waals surface area contributed by atoms with Gasteiger partial charge in [0.05, 0.1) is 25.7 Å². The molecule has 0 saturated carbocycles. The van der Waals surface area contributed by atoms with E-state index in [1.165, 1.54) is 12.3 Å². The summed E-state index contributed by atoms with van der Waals surface area (Å²) in [5.41, 5.74) is -0.796. The van der Waals surface area contributed by atoms with Gasteiger partial charge in [0.15, 0.2) is 8.38 Å². The first kappa shape index (κ1) is 35.5. The average Bonchev–Trinajstić information content (AvgIpc) is 3.28. The molecule has 12 nitrogen and oxygen atoms in total. The van der Waals surface area contributed by atoms with Crippen LogP contribution in [-0.4, -0.2) is 90.3 Å². The van der Waals surface area contributed by atoms with E-state index < -0.39 is 28.4 Å². The molecule has 2 amide bonds. The molecule has 0 aromatic heterocycles.